The number of rotatable bonds is 5. The Morgan fingerprint density at radius 1 is 1.05 bits per heavy atom. The van der Waals surface area contributed by atoms with Crippen LogP contribution in [0.25, 0.3) is 11.1 Å². The molecule has 0 bridgehead atoms. The van der Waals surface area contributed by atoms with Crippen LogP contribution in [0.5, 0.6) is 0 Å². The van der Waals surface area contributed by atoms with Gasteiger partial charge in [-0.3, -0.25) is 0 Å². The normalized spacial score (nSPS) is 10.6. The Kier molecular flexibility index (Phi) is 5.33. The molecule has 0 spiro atoms. The molecule has 2 rings (SSSR count). The van der Waals surface area contributed by atoms with Gasteiger partial charge in [0.1, 0.15) is 0 Å². The third-order valence-electron chi connectivity index (χ3n) is 3.44. The lowest BCUT2D eigenvalue weighted by Gasteiger charge is -2.12. The minimum atomic E-state index is 0.802. The molecule has 0 saturated heterocycles. The van der Waals surface area contributed by atoms with Crippen LogP contribution in [0, 0.1) is 0 Å². The van der Waals surface area contributed by atoms with Gasteiger partial charge < -0.3 is 0 Å². The van der Waals surface area contributed by atoms with Gasteiger partial charge in [-0.1, -0.05) is 80.5 Å². The Hall–Kier alpha value is -1.18. The third kappa shape index (κ3) is 3.28. The molecule has 0 heterocycles. The molecule has 0 radical (unpaired) electrons. The lowest BCUT2D eigenvalue weighted by Crippen LogP contribution is -1.99. The topological polar surface area (TPSA) is 0 Å². The molecule has 0 atom stereocenters. The maximum atomic E-state index is 6.45. The first-order valence-electron chi connectivity index (χ1n) is 7.08. The van der Waals surface area contributed by atoms with E-state index in [9.17, 15) is 0 Å². The van der Waals surface area contributed by atoms with Crippen LogP contribution in [-0.4, -0.2) is 4.86 Å². The third-order valence-corrected chi connectivity index (χ3v) is 4.17. The van der Waals surface area contributed by atoms with Gasteiger partial charge in [0.05, 0.1) is 0 Å². The average Bonchev–Trinajstić information content (AvgIpc) is 2.47. The zero-order valence-corrected chi connectivity index (χ0v) is 13.5. The quantitative estimate of drug-likeness (QED) is 0.476. The fourth-order valence-corrected chi connectivity index (χ4v) is 3.01. The van der Waals surface area contributed by atoms with Gasteiger partial charge in [-0.05, 0) is 35.6 Å². The number of aryl methyl sites for hydroxylation is 1. The molecule has 20 heavy (non-hydrogen) atoms. The zero-order valence-electron chi connectivity index (χ0n) is 11.9. The van der Waals surface area contributed by atoms with Crippen molar-refractivity contribution in [3.8, 4) is 11.1 Å². The second-order valence-corrected chi connectivity index (χ2v) is 5.79. The minimum Gasteiger partial charge on any atom is -0.0842 e. The molecule has 0 saturated carbocycles. The first kappa shape index (κ1) is 15.2. The molecule has 0 aromatic heterocycles. The van der Waals surface area contributed by atoms with E-state index in [1.54, 1.807) is 0 Å². The van der Waals surface area contributed by atoms with E-state index in [1.807, 2.05) is 12.1 Å². The van der Waals surface area contributed by atoms with E-state index in [1.165, 1.54) is 5.56 Å². The first-order valence-corrected chi connectivity index (χ1v) is 7.87. The average molecular weight is 303 g/mol. The van der Waals surface area contributed by atoms with Crippen molar-refractivity contribution in [2.24, 2.45) is 0 Å². The first-order chi connectivity index (χ1) is 9.67. The molecule has 0 N–H and O–H groups in total. The molecule has 0 nitrogen and oxygen atoms in total. The lowest BCUT2D eigenvalue weighted by atomic mass is 9.95. The summed E-state index contributed by atoms with van der Waals surface area (Å²) in [7, 11) is 0. The van der Waals surface area contributed by atoms with Gasteiger partial charge in [-0.15, -0.1) is 0 Å². The lowest BCUT2D eigenvalue weighted by molar-refractivity contribution is 1.01. The Labute approximate surface area is 131 Å². The van der Waals surface area contributed by atoms with Crippen molar-refractivity contribution in [3.63, 3.8) is 0 Å². The summed E-state index contributed by atoms with van der Waals surface area (Å²) in [6, 6.07) is 14.6. The van der Waals surface area contributed by atoms with Crippen LogP contribution in [0.15, 0.2) is 42.5 Å². The van der Waals surface area contributed by atoms with Crippen LogP contribution in [0.2, 0.25) is 5.02 Å². The van der Waals surface area contributed by atoms with E-state index in [0.717, 1.165) is 45.8 Å². The van der Waals surface area contributed by atoms with Crippen LogP contribution in [0.3, 0.4) is 0 Å². The van der Waals surface area contributed by atoms with Crippen LogP contribution < -0.4 is 0 Å². The van der Waals surface area contributed by atoms with Crippen molar-refractivity contribution in [3.05, 3.63) is 58.6 Å². The summed E-state index contributed by atoms with van der Waals surface area (Å²) in [4.78, 5) is 1.01. The Morgan fingerprint density at radius 3 is 2.45 bits per heavy atom. The fourth-order valence-electron chi connectivity index (χ4n) is 2.32. The van der Waals surface area contributed by atoms with E-state index in [2.05, 4.69) is 44.2 Å². The smallest absolute Gasteiger partial charge is 0.0487 e. The summed E-state index contributed by atoms with van der Waals surface area (Å²) >= 11 is 12.0. The second-order valence-electron chi connectivity index (χ2n) is 4.89. The number of benzene rings is 2. The van der Waals surface area contributed by atoms with Gasteiger partial charge in [0.15, 0.2) is 0 Å². The second kappa shape index (κ2) is 7.01. The van der Waals surface area contributed by atoms with Gasteiger partial charge in [-0.25, -0.2) is 0 Å². The van der Waals surface area contributed by atoms with Crippen molar-refractivity contribution in [2.75, 3.05) is 0 Å². The van der Waals surface area contributed by atoms with E-state index in [0.29, 0.717) is 0 Å². The van der Waals surface area contributed by atoms with Crippen LogP contribution in [0.4, 0.5) is 0 Å². The molecule has 0 aliphatic heterocycles. The maximum Gasteiger partial charge on any atom is 0.0487 e. The van der Waals surface area contributed by atoms with Crippen LogP contribution in [0.1, 0.15) is 37.8 Å². The van der Waals surface area contributed by atoms with E-state index < -0.39 is 0 Å². The molecule has 2 aromatic carbocycles. The van der Waals surface area contributed by atoms with Crippen molar-refractivity contribution in [1.29, 1.82) is 0 Å². The van der Waals surface area contributed by atoms with Crippen molar-refractivity contribution < 1.29 is 0 Å². The standard InChI is InChI=1S/C18H19ClS/c1-3-7-18(20)16-9-6-5-8-14(16)15-11-10-13(4-2)12-17(15)19/h5-6,8-12H,3-4,7H2,1-2H3. The fraction of sp³-hybridized carbons (Fsp3) is 0.278. The van der Waals surface area contributed by atoms with Crippen molar-refractivity contribution in [1.82, 2.24) is 0 Å². The highest BCUT2D eigenvalue weighted by molar-refractivity contribution is 7.80. The molecule has 0 fully saturated rings. The molecule has 0 aliphatic carbocycles. The monoisotopic (exact) mass is 302 g/mol. The highest BCUT2D eigenvalue weighted by Gasteiger charge is 2.11. The predicted octanol–water partition coefficient (Wildman–Crippen LogP) is 6.09. The summed E-state index contributed by atoms with van der Waals surface area (Å²) in [5.74, 6) is 0. The van der Waals surface area contributed by atoms with E-state index >= 15 is 0 Å². The van der Waals surface area contributed by atoms with Crippen LogP contribution >= 0.6 is 23.8 Å². The zero-order chi connectivity index (χ0) is 14.5. The number of thiocarbonyl (C=S) groups is 1. The summed E-state index contributed by atoms with van der Waals surface area (Å²) in [5.41, 5.74) is 4.60. The Bertz CT molecular complexity index is 617. The molecule has 0 amide bonds. The Morgan fingerprint density at radius 2 is 1.80 bits per heavy atom. The van der Waals surface area contributed by atoms with Gasteiger partial charge in [0, 0.05) is 15.5 Å². The van der Waals surface area contributed by atoms with Gasteiger partial charge >= 0.3 is 0 Å². The summed E-state index contributed by atoms with van der Waals surface area (Å²) < 4.78 is 0. The number of halogens is 1. The number of hydrogen-bond donors (Lipinski definition) is 0. The van der Waals surface area contributed by atoms with Crippen molar-refractivity contribution in [2.45, 2.75) is 33.1 Å². The van der Waals surface area contributed by atoms with Gasteiger partial charge in [-0.2, -0.15) is 0 Å². The number of hydrogen-bond acceptors (Lipinski definition) is 1. The highest BCUT2D eigenvalue weighted by atomic mass is 35.5. The summed E-state index contributed by atoms with van der Waals surface area (Å²) in [6.07, 6.45) is 3.00. The maximum absolute atomic E-state index is 6.45. The minimum absolute atomic E-state index is 0.802. The molecular formula is C18H19ClS. The SMILES string of the molecule is CCCC(=S)c1ccccc1-c1ccc(CC)cc1Cl. The molecule has 2 heteroatoms. The molecule has 0 unspecified atom stereocenters. The molecular weight excluding hydrogens is 284 g/mol. The van der Waals surface area contributed by atoms with Gasteiger partial charge in [0.25, 0.3) is 0 Å². The molecule has 2 aromatic rings. The molecule has 104 valence electrons. The summed E-state index contributed by atoms with van der Waals surface area (Å²) in [6.45, 7) is 4.29. The predicted molar refractivity (Wildman–Crippen MR) is 92.9 cm³/mol. The van der Waals surface area contributed by atoms with E-state index in [-0.39, 0.29) is 0 Å². The molecule has 0 aliphatic rings. The van der Waals surface area contributed by atoms with Gasteiger partial charge in [0.2, 0.25) is 0 Å². The summed E-state index contributed by atoms with van der Waals surface area (Å²) in [5, 5.41) is 0.802. The van der Waals surface area contributed by atoms with E-state index in [4.69, 9.17) is 23.8 Å². The van der Waals surface area contributed by atoms with Crippen LogP contribution in [-0.2, 0) is 6.42 Å². The highest BCUT2D eigenvalue weighted by Crippen LogP contribution is 2.32. The van der Waals surface area contributed by atoms with Crippen molar-refractivity contribution >= 4 is 28.7 Å². The largest absolute Gasteiger partial charge is 0.0842 e. The Balaban J connectivity index is 2.50.